The van der Waals surface area contributed by atoms with Crippen LogP contribution >= 0.6 is 11.6 Å². The lowest BCUT2D eigenvalue weighted by Gasteiger charge is -2.20. The van der Waals surface area contributed by atoms with E-state index in [1.54, 1.807) is 0 Å². The molecule has 1 aromatic heterocycles. The van der Waals surface area contributed by atoms with Crippen molar-refractivity contribution in [3.63, 3.8) is 0 Å². The second-order valence-corrected chi connectivity index (χ2v) is 6.29. The van der Waals surface area contributed by atoms with Crippen LogP contribution in [0.4, 0.5) is 0 Å². The number of aromatic nitrogens is 2. The van der Waals surface area contributed by atoms with E-state index in [1.165, 1.54) is 0 Å². The predicted octanol–water partition coefficient (Wildman–Crippen LogP) is 3.61. The highest BCUT2D eigenvalue weighted by molar-refractivity contribution is 6.31. The highest BCUT2D eigenvalue weighted by Gasteiger charge is 2.09. The van der Waals surface area contributed by atoms with Crippen LogP contribution in [0.1, 0.15) is 37.7 Å². The van der Waals surface area contributed by atoms with Crippen LogP contribution in [0.15, 0.2) is 36.7 Å². The van der Waals surface area contributed by atoms with Crippen LogP contribution in [0, 0.1) is 0 Å². The molecule has 0 amide bonds. The highest BCUT2D eigenvalue weighted by atomic mass is 35.5. The van der Waals surface area contributed by atoms with Crippen LogP contribution in [0.25, 0.3) is 0 Å². The van der Waals surface area contributed by atoms with Crippen LogP contribution in [0.3, 0.4) is 0 Å². The Labute approximate surface area is 125 Å². The van der Waals surface area contributed by atoms with Crippen LogP contribution in [0.5, 0.6) is 0 Å². The Balaban J connectivity index is 2.00. The second kappa shape index (κ2) is 6.33. The molecule has 4 heteroatoms. The molecule has 0 aliphatic carbocycles. The van der Waals surface area contributed by atoms with E-state index in [0.717, 1.165) is 28.5 Å². The van der Waals surface area contributed by atoms with Gasteiger partial charge in [-0.05, 0) is 32.4 Å². The summed E-state index contributed by atoms with van der Waals surface area (Å²) >= 11 is 6.14. The summed E-state index contributed by atoms with van der Waals surface area (Å²) in [4.78, 5) is 8.81. The van der Waals surface area contributed by atoms with Gasteiger partial charge in [-0.2, -0.15) is 0 Å². The maximum absolute atomic E-state index is 6.14. The topological polar surface area (TPSA) is 37.8 Å². The van der Waals surface area contributed by atoms with Crippen molar-refractivity contribution in [3.05, 3.63) is 58.6 Å². The SMILES string of the molecule is CC(C)(C)NCc1cnc(Cc2ccccc2Cl)nc1. The van der Waals surface area contributed by atoms with Gasteiger partial charge >= 0.3 is 0 Å². The van der Waals surface area contributed by atoms with Gasteiger partial charge in [0.25, 0.3) is 0 Å². The standard InChI is InChI=1S/C16H20ClN3/c1-16(2,3)20-11-12-9-18-15(19-10-12)8-13-6-4-5-7-14(13)17/h4-7,9-10,20H,8,11H2,1-3H3. The lowest BCUT2D eigenvalue weighted by molar-refractivity contribution is 0.423. The smallest absolute Gasteiger partial charge is 0.132 e. The Bertz CT molecular complexity index is 559. The minimum absolute atomic E-state index is 0.0935. The van der Waals surface area contributed by atoms with Crippen LogP contribution in [-0.2, 0) is 13.0 Å². The Hall–Kier alpha value is -1.45. The minimum Gasteiger partial charge on any atom is -0.308 e. The molecule has 0 fully saturated rings. The molecule has 0 aliphatic rings. The van der Waals surface area contributed by atoms with Crippen molar-refractivity contribution in [3.8, 4) is 0 Å². The van der Waals surface area contributed by atoms with Gasteiger partial charge in [0, 0.05) is 41.5 Å². The first-order chi connectivity index (χ1) is 9.44. The average Bonchev–Trinajstić information content (AvgIpc) is 2.40. The van der Waals surface area contributed by atoms with Gasteiger partial charge in [-0.3, -0.25) is 0 Å². The zero-order valence-electron chi connectivity index (χ0n) is 12.2. The number of hydrogen-bond acceptors (Lipinski definition) is 3. The quantitative estimate of drug-likeness (QED) is 0.934. The van der Waals surface area contributed by atoms with Gasteiger partial charge < -0.3 is 5.32 Å². The van der Waals surface area contributed by atoms with Gasteiger partial charge in [0.15, 0.2) is 0 Å². The molecule has 0 unspecified atom stereocenters. The number of halogens is 1. The first-order valence-corrected chi connectivity index (χ1v) is 7.10. The fourth-order valence-corrected chi connectivity index (χ4v) is 1.95. The number of rotatable bonds is 4. The molecule has 0 radical (unpaired) electrons. The largest absolute Gasteiger partial charge is 0.308 e. The Kier molecular flexibility index (Phi) is 4.73. The van der Waals surface area contributed by atoms with Gasteiger partial charge in [-0.1, -0.05) is 29.8 Å². The van der Waals surface area contributed by atoms with E-state index in [0.29, 0.717) is 6.42 Å². The monoisotopic (exact) mass is 289 g/mol. The van der Waals surface area contributed by atoms with Crippen molar-refractivity contribution in [2.24, 2.45) is 0 Å². The van der Waals surface area contributed by atoms with Crippen molar-refractivity contribution in [1.29, 1.82) is 0 Å². The maximum atomic E-state index is 6.14. The first-order valence-electron chi connectivity index (χ1n) is 6.72. The van der Waals surface area contributed by atoms with E-state index < -0.39 is 0 Å². The molecular weight excluding hydrogens is 270 g/mol. The Morgan fingerprint density at radius 1 is 1.10 bits per heavy atom. The lowest BCUT2D eigenvalue weighted by atomic mass is 10.1. The van der Waals surface area contributed by atoms with Crippen molar-refractivity contribution >= 4 is 11.6 Å². The summed E-state index contributed by atoms with van der Waals surface area (Å²) in [5.74, 6) is 0.789. The normalized spacial score (nSPS) is 11.6. The van der Waals surface area contributed by atoms with Gasteiger partial charge in [0.2, 0.25) is 0 Å². The van der Waals surface area contributed by atoms with Crippen LogP contribution < -0.4 is 5.32 Å². The summed E-state index contributed by atoms with van der Waals surface area (Å²) in [6, 6.07) is 7.79. The van der Waals surface area contributed by atoms with Crippen molar-refractivity contribution < 1.29 is 0 Å². The second-order valence-electron chi connectivity index (χ2n) is 5.88. The Morgan fingerprint density at radius 3 is 2.35 bits per heavy atom. The molecule has 106 valence electrons. The zero-order chi connectivity index (χ0) is 14.6. The molecule has 2 aromatic rings. The molecular formula is C16H20ClN3. The molecule has 3 nitrogen and oxygen atoms in total. The third-order valence-electron chi connectivity index (χ3n) is 2.89. The number of nitrogens with zero attached hydrogens (tertiary/aromatic N) is 2. The molecule has 0 saturated carbocycles. The maximum Gasteiger partial charge on any atom is 0.132 e. The highest BCUT2D eigenvalue weighted by Crippen LogP contribution is 2.17. The molecule has 0 bridgehead atoms. The molecule has 1 aromatic carbocycles. The van der Waals surface area contributed by atoms with Crippen molar-refractivity contribution in [2.45, 2.75) is 39.3 Å². The summed E-state index contributed by atoms with van der Waals surface area (Å²) < 4.78 is 0. The molecule has 0 spiro atoms. The lowest BCUT2D eigenvalue weighted by Crippen LogP contribution is -2.35. The number of nitrogens with one attached hydrogen (secondary N) is 1. The summed E-state index contributed by atoms with van der Waals surface area (Å²) in [5, 5.41) is 4.17. The first kappa shape index (κ1) is 14.9. The van der Waals surface area contributed by atoms with E-state index in [-0.39, 0.29) is 5.54 Å². The fraction of sp³-hybridized carbons (Fsp3) is 0.375. The van der Waals surface area contributed by atoms with Gasteiger partial charge in [-0.15, -0.1) is 0 Å². The van der Waals surface area contributed by atoms with Crippen LogP contribution in [0.2, 0.25) is 5.02 Å². The van der Waals surface area contributed by atoms with Crippen molar-refractivity contribution in [2.75, 3.05) is 0 Å². The molecule has 2 rings (SSSR count). The third kappa shape index (κ3) is 4.58. The van der Waals surface area contributed by atoms with Crippen LogP contribution in [-0.4, -0.2) is 15.5 Å². The predicted molar refractivity (Wildman–Crippen MR) is 82.9 cm³/mol. The van der Waals surface area contributed by atoms with E-state index in [9.17, 15) is 0 Å². The summed E-state index contributed by atoms with van der Waals surface area (Å²) in [6.45, 7) is 7.19. The number of benzene rings is 1. The van der Waals surface area contributed by atoms with E-state index in [4.69, 9.17) is 11.6 Å². The molecule has 1 N–H and O–H groups in total. The average molecular weight is 290 g/mol. The molecule has 20 heavy (non-hydrogen) atoms. The van der Waals surface area contributed by atoms with E-state index in [2.05, 4.69) is 36.1 Å². The number of hydrogen-bond donors (Lipinski definition) is 1. The minimum atomic E-state index is 0.0935. The fourth-order valence-electron chi connectivity index (χ4n) is 1.74. The van der Waals surface area contributed by atoms with Crippen molar-refractivity contribution in [1.82, 2.24) is 15.3 Å². The molecule has 0 atom stereocenters. The summed E-state index contributed by atoms with van der Waals surface area (Å²) in [5.41, 5.74) is 2.23. The van der Waals surface area contributed by atoms with Gasteiger partial charge in [0.1, 0.15) is 5.82 Å². The van der Waals surface area contributed by atoms with E-state index in [1.807, 2.05) is 36.7 Å². The molecule has 0 aliphatic heterocycles. The molecule has 0 saturated heterocycles. The summed E-state index contributed by atoms with van der Waals surface area (Å²) in [6.07, 6.45) is 4.41. The zero-order valence-corrected chi connectivity index (χ0v) is 12.9. The Morgan fingerprint density at radius 2 is 1.75 bits per heavy atom. The summed E-state index contributed by atoms with van der Waals surface area (Å²) in [7, 11) is 0. The van der Waals surface area contributed by atoms with E-state index >= 15 is 0 Å². The van der Waals surface area contributed by atoms with Gasteiger partial charge in [0.05, 0.1) is 0 Å². The van der Waals surface area contributed by atoms with Gasteiger partial charge in [-0.25, -0.2) is 9.97 Å². The third-order valence-corrected chi connectivity index (χ3v) is 3.26. The molecule has 1 heterocycles.